The molecule has 3 rings (SSSR count). The number of aryl methyl sites for hydroxylation is 2. The van der Waals surface area contributed by atoms with E-state index in [-0.39, 0.29) is 16.8 Å². The van der Waals surface area contributed by atoms with Crippen LogP contribution in [-0.2, 0) is 16.1 Å². The minimum absolute atomic E-state index is 0.131. The largest absolute Gasteiger partial charge is 0.493 e. The van der Waals surface area contributed by atoms with Crippen LogP contribution >= 0.6 is 0 Å². The first-order chi connectivity index (χ1) is 17.1. The number of aromatic nitrogens is 1. The Labute approximate surface area is 208 Å². The van der Waals surface area contributed by atoms with Crippen molar-refractivity contribution in [3.05, 3.63) is 85.7 Å². The first-order valence-corrected chi connectivity index (χ1v) is 11.2. The molecular weight excluding hydrogens is 460 g/mol. The molecule has 184 valence electrons. The number of nitriles is 1. The lowest BCUT2D eigenvalue weighted by Gasteiger charge is -2.13. The van der Waals surface area contributed by atoms with Crippen LogP contribution in [-0.4, -0.2) is 28.0 Å². The summed E-state index contributed by atoms with van der Waals surface area (Å²) < 4.78 is 5.69. The van der Waals surface area contributed by atoms with Gasteiger partial charge in [0.15, 0.2) is 18.1 Å². The van der Waals surface area contributed by atoms with Crippen LogP contribution < -0.4 is 5.56 Å². The van der Waals surface area contributed by atoms with Crippen molar-refractivity contribution in [1.29, 1.82) is 5.26 Å². The van der Waals surface area contributed by atoms with Gasteiger partial charge in [-0.1, -0.05) is 36.4 Å². The van der Waals surface area contributed by atoms with Crippen molar-refractivity contribution in [2.45, 2.75) is 41.2 Å². The van der Waals surface area contributed by atoms with Gasteiger partial charge in [0.25, 0.3) is 5.56 Å². The number of ketones is 1. The number of hydrogen-bond donors (Lipinski definition) is 1. The Balaban J connectivity index is 1.93. The van der Waals surface area contributed by atoms with E-state index < -0.39 is 36.3 Å². The van der Waals surface area contributed by atoms with Gasteiger partial charge in [0, 0.05) is 11.1 Å². The second kappa shape index (κ2) is 10.8. The van der Waals surface area contributed by atoms with Gasteiger partial charge in [-0.3, -0.25) is 19.0 Å². The summed E-state index contributed by atoms with van der Waals surface area (Å²) in [6.45, 7) is 7.95. The van der Waals surface area contributed by atoms with Gasteiger partial charge in [0.1, 0.15) is 18.2 Å². The van der Waals surface area contributed by atoms with Gasteiger partial charge < -0.3 is 9.84 Å². The van der Waals surface area contributed by atoms with Gasteiger partial charge in [0.2, 0.25) is 5.88 Å². The SMILES string of the molecule is Cc1cc(C)c(N=Nc2c(C)c(C#N)c(O)n(CC(=O)OCC(=O)c3ccccc3)c2=O)c(C)c1C. The van der Waals surface area contributed by atoms with Crippen molar-refractivity contribution in [1.82, 2.24) is 4.57 Å². The summed E-state index contributed by atoms with van der Waals surface area (Å²) in [6.07, 6.45) is 0. The fourth-order valence-electron chi connectivity index (χ4n) is 3.76. The number of pyridine rings is 1. The fourth-order valence-corrected chi connectivity index (χ4v) is 3.76. The van der Waals surface area contributed by atoms with E-state index in [0.29, 0.717) is 15.8 Å². The molecule has 0 saturated carbocycles. The van der Waals surface area contributed by atoms with E-state index in [1.807, 2.05) is 39.8 Å². The normalized spacial score (nSPS) is 10.9. The average Bonchev–Trinajstić information content (AvgIpc) is 2.86. The number of esters is 1. The highest BCUT2D eigenvalue weighted by molar-refractivity contribution is 5.97. The number of ether oxygens (including phenoxy) is 1. The molecule has 0 spiro atoms. The van der Waals surface area contributed by atoms with Gasteiger partial charge in [-0.05, 0) is 56.9 Å². The molecule has 0 aliphatic heterocycles. The predicted octanol–water partition coefficient (Wildman–Crippen LogP) is 4.81. The quantitative estimate of drug-likeness (QED) is 0.289. The zero-order valence-corrected chi connectivity index (χ0v) is 20.7. The Hall–Kier alpha value is -4.58. The third kappa shape index (κ3) is 5.23. The van der Waals surface area contributed by atoms with Crippen LogP contribution in [0.4, 0.5) is 11.4 Å². The molecule has 0 amide bonds. The van der Waals surface area contributed by atoms with Gasteiger partial charge in [-0.25, -0.2) is 0 Å². The predicted molar refractivity (Wildman–Crippen MR) is 133 cm³/mol. The van der Waals surface area contributed by atoms with E-state index in [9.17, 15) is 24.8 Å². The third-order valence-corrected chi connectivity index (χ3v) is 6.08. The number of aromatic hydroxyl groups is 1. The lowest BCUT2D eigenvalue weighted by atomic mass is 9.99. The van der Waals surface area contributed by atoms with Crippen LogP contribution in [0.1, 0.15) is 43.7 Å². The number of hydrogen-bond acceptors (Lipinski definition) is 8. The van der Waals surface area contributed by atoms with Crippen LogP contribution in [0.5, 0.6) is 5.88 Å². The van der Waals surface area contributed by atoms with Crippen molar-refractivity contribution in [2.75, 3.05) is 6.61 Å². The fraction of sp³-hybridized carbons (Fsp3) is 0.259. The summed E-state index contributed by atoms with van der Waals surface area (Å²) in [5.74, 6) is -2.05. The van der Waals surface area contributed by atoms with Crippen LogP contribution in [0.15, 0.2) is 51.4 Å². The standard InChI is InChI=1S/C27H26N4O5/c1-15-11-16(2)24(18(4)17(15)3)29-30-25-19(5)21(12-28)26(34)31(27(25)35)13-23(33)36-14-22(32)20-9-7-6-8-10-20/h6-11,34H,13-14H2,1-5H3. The maximum absolute atomic E-state index is 13.2. The number of carbonyl (C=O) groups is 2. The van der Waals surface area contributed by atoms with E-state index in [1.54, 1.807) is 30.3 Å². The topological polar surface area (TPSA) is 134 Å². The van der Waals surface area contributed by atoms with Crippen molar-refractivity contribution >= 4 is 23.1 Å². The highest BCUT2D eigenvalue weighted by Gasteiger charge is 2.22. The minimum atomic E-state index is -0.937. The molecule has 1 aromatic heterocycles. The lowest BCUT2D eigenvalue weighted by molar-refractivity contribution is -0.143. The molecule has 0 atom stereocenters. The Bertz CT molecular complexity index is 1480. The molecule has 0 radical (unpaired) electrons. The number of benzene rings is 2. The first kappa shape index (κ1) is 26.0. The number of nitrogens with zero attached hydrogens (tertiary/aromatic N) is 4. The number of rotatable bonds is 7. The van der Waals surface area contributed by atoms with E-state index in [4.69, 9.17) is 4.74 Å². The zero-order chi connectivity index (χ0) is 26.6. The summed E-state index contributed by atoms with van der Waals surface area (Å²) >= 11 is 0. The second-order valence-corrected chi connectivity index (χ2v) is 8.43. The summed E-state index contributed by atoms with van der Waals surface area (Å²) in [7, 11) is 0. The Morgan fingerprint density at radius 2 is 1.61 bits per heavy atom. The highest BCUT2D eigenvalue weighted by atomic mass is 16.5. The van der Waals surface area contributed by atoms with Gasteiger partial charge in [-0.15, -0.1) is 10.2 Å². The van der Waals surface area contributed by atoms with Crippen LogP contribution in [0.25, 0.3) is 0 Å². The number of carbonyl (C=O) groups excluding carboxylic acids is 2. The van der Waals surface area contributed by atoms with Crippen LogP contribution in [0.3, 0.4) is 0 Å². The molecule has 0 saturated heterocycles. The highest BCUT2D eigenvalue weighted by Crippen LogP contribution is 2.31. The molecule has 9 nitrogen and oxygen atoms in total. The molecule has 1 heterocycles. The van der Waals surface area contributed by atoms with Gasteiger partial charge >= 0.3 is 5.97 Å². The summed E-state index contributed by atoms with van der Waals surface area (Å²) in [6, 6.07) is 12.1. The second-order valence-electron chi connectivity index (χ2n) is 8.43. The molecular formula is C27H26N4O5. The van der Waals surface area contributed by atoms with Crippen molar-refractivity contribution in [2.24, 2.45) is 10.2 Å². The van der Waals surface area contributed by atoms with Crippen LogP contribution in [0.2, 0.25) is 0 Å². The smallest absolute Gasteiger partial charge is 0.326 e. The molecule has 36 heavy (non-hydrogen) atoms. The molecule has 0 fully saturated rings. The van der Waals surface area contributed by atoms with Crippen molar-refractivity contribution in [3.8, 4) is 11.9 Å². The maximum atomic E-state index is 13.2. The molecule has 0 aliphatic rings. The molecule has 3 aromatic rings. The van der Waals surface area contributed by atoms with E-state index in [2.05, 4.69) is 10.2 Å². The Morgan fingerprint density at radius 1 is 0.972 bits per heavy atom. The van der Waals surface area contributed by atoms with E-state index in [0.717, 1.165) is 22.3 Å². The van der Waals surface area contributed by atoms with Gasteiger partial charge in [0.05, 0.1) is 5.69 Å². The Morgan fingerprint density at radius 3 is 2.25 bits per heavy atom. The number of Topliss-reactive ketones (excluding diaryl/α,β-unsaturated/α-hetero) is 1. The van der Waals surface area contributed by atoms with Gasteiger partial charge in [-0.2, -0.15) is 5.26 Å². The molecule has 2 aromatic carbocycles. The van der Waals surface area contributed by atoms with E-state index >= 15 is 0 Å². The Kier molecular flexibility index (Phi) is 7.80. The lowest BCUT2D eigenvalue weighted by Crippen LogP contribution is -2.27. The molecule has 1 N–H and O–H groups in total. The number of azo groups is 1. The molecule has 0 unspecified atom stereocenters. The monoisotopic (exact) mass is 486 g/mol. The summed E-state index contributed by atoms with van der Waals surface area (Å²) in [5, 5.41) is 28.5. The zero-order valence-electron chi connectivity index (χ0n) is 20.7. The third-order valence-electron chi connectivity index (χ3n) is 6.08. The van der Waals surface area contributed by atoms with Crippen molar-refractivity contribution in [3.63, 3.8) is 0 Å². The summed E-state index contributed by atoms with van der Waals surface area (Å²) in [4.78, 5) is 37.7. The minimum Gasteiger partial charge on any atom is -0.493 e. The average molecular weight is 487 g/mol. The van der Waals surface area contributed by atoms with E-state index in [1.165, 1.54) is 6.92 Å². The van der Waals surface area contributed by atoms with Crippen LogP contribution in [0, 0.1) is 45.9 Å². The maximum Gasteiger partial charge on any atom is 0.326 e. The summed E-state index contributed by atoms with van der Waals surface area (Å²) in [5.41, 5.74) is 3.78. The molecule has 9 heteroatoms. The first-order valence-electron chi connectivity index (χ1n) is 11.2. The molecule has 0 bridgehead atoms. The molecule has 0 aliphatic carbocycles. The van der Waals surface area contributed by atoms with Crippen molar-refractivity contribution < 1.29 is 19.4 Å².